The van der Waals surface area contributed by atoms with Crippen molar-refractivity contribution in [3.05, 3.63) is 17.5 Å². The van der Waals surface area contributed by atoms with Crippen LogP contribution < -0.4 is 5.32 Å². The molecule has 0 atom stereocenters. The fourth-order valence-corrected chi connectivity index (χ4v) is 1.68. The minimum atomic E-state index is 0.766. The van der Waals surface area contributed by atoms with Crippen LogP contribution in [0.15, 0.2) is 6.07 Å². The molecule has 0 fully saturated rings. The van der Waals surface area contributed by atoms with Crippen molar-refractivity contribution >= 4 is 5.95 Å². The molecule has 1 aromatic rings. The molecular weight excluding hydrogens is 198 g/mol. The van der Waals surface area contributed by atoms with E-state index in [0.717, 1.165) is 29.8 Å². The Balaban J connectivity index is 2.26. The van der Waals surface area contributed by atoms with E-state index in [1.807, 2.05) is 19.9 Å². The highest BCUT2D eigenvalue weighted by Crippen LogP contribution is 2.07. The second-order valence-corrected chi connectivity index (χ2v) is 4.79. The van der Waals surface area contributed by atoms with Crippen molar-refractivity contribution in [2.24, 2.45) is 5.92 Å². The summed E-state index contributed by atoms with van der Waals surface area (Å²) in [6.07, 6.45) is 3.76. The molecule has 3 nitrogen and oxygen atoms in total. The number of hydrogen-bond donors (Lipinski definition) is 1. The van der Waals surface area contributed by atoms with Gasteiger partial charge in [-0.3, -0.25) is 0 Å². The lowest BCUT2D eigenvalue weighted by Gasteiger charge is -2.07. The Morgan fingerprint density at radius 1 is 1.12 bits per heavy atom. The largest absolute Gasteiger partial charge is 0.354 e. The van der Waals surface area contributed by atoms with Crippen LogP contribution in [0.25, 0.3) is 0 Å². The first-order valence-electron chi connectivity index (χ1n) is 6.14. The molecule has 0 unspecified atom stereocenters. The van der Waals surface area contributed by atoms with Crippen molar-refractivity contribution in [3.63, 3.8) is 0 Å². The zero-order valence-corrected chi connectivity index (χ0v) is 10.9. The molecule has 90 valence electrons. The first-order valence-corrected chi connectivity index (χ1v) is 6.14. The number of anilines is 1. The maximum atomic E-state index is 4.34. The van der Waals surface area contributed by atoms with Crippen LogP contribution in [0.4, 0.5) is 5.95 Å². The van der Waals surface area contributed by atoms with Crippen molar-refractivity contribution in [1.82, 2.24) is 9.97 Å². The van der Waals surface area contributed by atoms with Crippen LogP contribution >= 0.6 is 0 Å². The van der Waals surface area contributed by atoms with E-state index in [1.165, 1.54) is 19.3 Å². The van der Waals surface area contributed by atoms with Gasteiger partial charge in [0.15, 0.2) is 0 Å². The molecule has 3 heteroatoms. The van der Waals surface area contributed by atoms with E-state index in [-0.39, 0.29) is 0 Å². The minimum absolute atomic E-state index is 0.766. The average Bonchev–Trinajstić information content (AvgIpc) is 2.15. The average molecular weight is 221 g/mol. The zero-order chi connectivity index (χ0) is 12.0. The third-order valence-electron chi connectivity index (χ3n) is 2.47. The molecular formula is C13H23N3. The van der Waals surface area contributed by atoms with Gasteiger partial charge in [-0.05, 0) is 32.3 Å². The Labute approximate surface area is 98.7 Å². The first kappa shape index (κ1) is 12.9. The van der Waals surface area contributed by atoms with E-state index in [0.29, 0.717) is 0 Å². The van der Waals surface area contributed by atoms with Crippen LogP contribution in [-0.2, 0) is 0 Å². The molecule has 0 saturated carbocycles. The SMILES string of the molecule is Cc1cc(C)nc(NCCCCC(C)C)n1. The number of nitrogens with one attached hydrogen (secondary N) is 1. The molecule has 0 aromatic carbocycles. The van der Waals surface area contributed by atoms with Gasteiger partial charge < -0.3 is 5.32 Å². The van der Waals surface area contributed by atoms with Gasteiger partial charge in [0.25, 0.3) is 0 Å². The van der Waals surface area contributed by atoms with E-state index < -0.39 is 0 Å². The van der Waals surface area contributed by atoms with Gasteiger partial charge in [-0.1, -0.05) is 26.7 Å². The lowest BCUT2D eigenvalue weighted by molar-refractivity contribution is 0.544. The minimum Gasteiger partial charge on any atom is -0.354 e. The number of nitrogens with zero attached hydrogens (tertiary/aromatic N) is 2. The van der Waals surface area contributed by atoms with Crippen LogP contribution in [0.2, 0.25) is 0 Å². The van der Waals surface area contributed by atoms with Crippen molar-refractivity contribution < 1.29 is 0 Å². The summed E-state index contributed by atoms with van der Waals surface area (Å²) in [6.45, 7) is 9.49. The number of rotatable bonds is 6. The fraction of sp³-hybridized carbons (Fsp3) is 0.692. The van der Waals surface area contributed by atoms with E-state index in [9.17, 15) is 0 Å². The van der Waals surface area contributed by atoms with Gasteiger partial charge in [0.1, 0.15) is 0 Å². The second-order valence-electron chi connectivity index (χ2n) is 4.79. The molecule has 0 saturated heterocycles. The Morgan fingerprint density at radius 2 is 1.75 bits per heavy atom. The monoisotopic (exact) mass is 221 g/mol. The molecule has 0 aliphatic carbocycles. The highest BCUT2D eigenvalue weighted by Gasteiger charge is 1.98. The molecule has 0 aliphatic rings. The molecule has 1 N–H and O–H groups in total. The molecule has 0 spiro atoms. The lowest BCUT2D eigenvalue weighted by Crippen LogP contribution is -2.07. The molecule has 1 heterocycles. The first-order chi connectivity index (χ1) is 7.58. The van der Waals surface area contributed by atoms with Gasteiger partial charge in [-0.2, -0.15) is 0 Å². The van der Waals surface area contributed by atoms with E-state index in [2.05, 4.69) is 29.1 Å². The molecule has 0 bridgehead atoms. The summed E-state index contributed by atoms with van der Waals surface area (Å²) in [5.74, 6) is 1.57. The quantitative estimate of drug-likeness (QED) is 0.749. The normalized spacial score (nSPS) is 10.8. The topological polar surface area (TPSA) is 37.8 Å². The van der Waals surface area contributed by atoms with Gasteiger partial charge in [0.05, 0.1) is 0 Å². The molecule has 16 heavy (non-hydrogen) atoms. The number of aromatic nitrogens is 2. The number of unbranched alkanes of at least 4 members (excludes halogenated alkanes) is 1. The third kappa shape index (κ3) is 5.10. The van der Waals surface area contributed by atoms with Crippen LogP contribution in [0.1, 0.15) is 44.5 Å². The van der Waals surface area contributed by atoms with Crippen molar-refractivity contribution in [1.29, 1.82) is 0 Å². The summed E-state index contributed by atoms with van der Waals surface area (Å²) in [7, 11) is 0. The van der Waals surface area contributed by atoms with Crippen molar-refractivity contribution in [2.75, 3.05) is 11.9 Å². The highest BCUT2D eigenvalue weighted by molar-refractivity contribution is 5.27. The second kappa shape index (κ2) is 6.46. The van der Waals surface area contributed by atoms with Crippen LogP contribution in [-0.4, -0.2) is 16.5 Å². The van der Waals surface area contributed by atoms with E-state index in [1.54, 1.807) is 0 Å². The maximum Gasteiger partial charge on any atom is 0.223 e. The maximum absolute atomic E-state index is 4.34. The summed E-state index contributed by atoms with van der Waals surface area (Å²) >= 11 is 0. The summed E-state index contributed by atoms with van der Waals surface area (Å²) in [5, 5.41) is 3.28. The van der Waals surface area contributed by atoms with Gasteiger partial charge in [0.2, 0.25) is 5.95 Å². The van der Waals surface area contributed by atoms with Gasteiger partial charge in [-0.25, -0.2) is 9.97 Å². The van der Waals surface area contributed by atoms with Crippen molar-refractivity contribution in [3.8, 4) is 0 Å². The van der Waals surface area contributed by atoms with Crippen LogP contribution in [0.5, 0.6) is 0 Å². The smallest absolute Gasteiger partial charge is 0.223 e. The number of aryl methyl sites for hydroxylation is 2. The van der Waals surface area contributed by atoms with E-state index >= 15 is 0 Å². The predicted octanol–water partition coefficient (Wildman–Crippen LogP) is 3.33. The summed E-state index contributed by atoms with van der Waals surface area (Å²) in [4.78, 5) is 8.69. The number of hydrogen-bond acceptors (Lipinski definition) is 3. The Kier molecular flexibility index (Phi) is 5.23. The molecule has 1 rings (SSSR count). The molecule has 0 radical (unpaired) electrons. The molecule has 0 aliphatic heterocycles. The predicted molar refractivity (Wildman–Crippen MR) is 68.7 cm³/mol. The van der Waals surface area contributed by atoms with Gasteiger partial charge >= 0.3 is 0 Å². The molecule has 1 aromatic heterocycles. The van der Waals surface area contributed by atoms with Crippen LogP contribution in [0, 0.1) is 19.8 Å². The van der Waals surface area contributed by atoms with Crippen LogP contribution in [0.3, 0.4) is 0 Å². The standard InChI is InChI=1S/C13H23N3/c1-10(2)7-5-6-8-14-13-15-11(3)9-12(4)16-13/h9-10H,5-8H2,1-4H3,(H,14,15,16). The van der Waals surface area contributed by atoms with Crippen molar-refractivity contribution in [2.45, 2.75) is 47.0 Å². The Hall–Kier alpha value is -1.12. The zero-order valence-electron chi connectivity index (χ0n) is 10.9. The van der Waals surface area contributed by atoms with Gasteiger partial charge in [0, 0.05) is 17.9 Å². The fourth-order valence-electron chi connectivity index (χ4n) is 1.68. The third-order valence-corrected chi connectivity index (χ3v) is 2.47. The van der Waals surface area contributed by atoms with E-state index in [4.69, 9.17) is 0 Å². The lowest BCUT2D eigenvalue weighted by atomic mass is 10.1. The highest BCUT2D eigenvalue weighted by atomic mass is 15.1. The Bertz CT molecular complexity index is 301. The summed E-state index contributed by atoms with van der Waals surface area (Å²) in [5.41, 5.74) is 2.05. The summed E-state index contributed by atoms with van der Waals surface area (Å²) in [6, 6.07) is 1.99. The Morgan fingerprint density at radius 3 is 2.31 bits per heavy atom. The summed E-state index contributed by atoms with van der Waals surface area (Å²) < 4.78 is 0. The van der Waals surface area contributed by atoms with Gasteiger partial charge in [-0.15, -0.1) is 0 Å². The molecule has 0 amide bonds.